The zero-order valence-corrected chi connectivity index (χ0v) is 34.7. The van der Waals surface area contributed by atoms with Crippen molar-refractivity contribution in [2.75, 3.05) is 0 Å². The lowest BCUT2D eigenvalue weighted by Gasteiger charge is -2.24. The van der Waals surface area contributed by atoms with E-state index >= 15 is 0 Å². The molecule has 292 valence electrons. The minimum absolute atomic E-state index is 0.245. The summed E-state index contributed by atoms with van der Waals surface area (Å²) in [7, 11) is 0. The fraction of sp³-hybridized carbons (Fsp3) is 0.0500. The average Bonchev–Trinajstić information content (AvgIpc) is 3.78. The van der Waals surface area contributed by atoms with Gasteiger partial charge in [0.2, 0.25) is 0 Å². The number of para-hydroxylation sites is 2. The molecule has 0 saturated carbocycles. The van der Waals surface area contributed by atoms with Crippen molar-refractivity contribution < 1.29 is 0 Å². The predicted octanol–water partition coefficient (Wildman–Crippen LogP) is 16.0. The summed E-state index contributed by atoms with van der Waals surface area (Å²) in [5, 5.41) is 4.86. The van der Waals surface area contributed by atoms with E-state index in [9.17, 15) is 0 Å². The van der Waals surface area contributed by atoms with Crippen molar-refractivity contribution in [3.63, 3.8) is 0 Å². The monoisotopic (exact) mass is 790 g/mol. The van der Waals surface area contributed by atoms with Crippen molar-refractivity contribution in [2.45, 2.75) is 19.3 Å². The molecule has 2 heterocycles. The number of hydrogen-bond acceptors (Lipinski definition) is 1. The van der Waals surface area contributed by atoms with E-state index in [1.165, 1.54) is 111 Å². The SMILES string of the molecule is CC1(C)c2cc(-c3ccc(-c4ccc5ccncc5c4)cc3)c(-c3ccccc3)cc2-c2cc(-c3ccccc3)c(-c3ccc4c(c3)c3ccccc3n4-c3ccccc3)cc21. The van der Waals surface area contributed by atoms with E-state index in [0.717, 1.165) is 5.39 Å². The van der Waals surface area contributed by atoms with Crippen molar-refractivity contribution in [1.82, 2.24) is 9.55 Å². The highest BCUT2D eigenvalue weighted by molar-refractivity contribution is 6.11. The molecule has 0 aliphatic heterocycles. The van der Waals surface area contributed by atoms with E-state index in [1.54, 1.807) is 0 Å². The molecule has 0 atom stereocenters. The second kappa shape index (κ2) is 14.1. The van der Waals surface area contributed by atoms with Crippen LogP contribution in [0.2, 0.25) is 0 Å². The summed E-state index contributed by atoms with van der Waals surface area (Å²) in [4.78, 5) is 4.37. The third-order valence-electron chi connectivity index (χ3n) is 13.3. The van der Waals surface area contributed by atoms with Crippen LogP contribution >= 0.6 is 0 Å². The molecule has 0 bridgehead atoms. The van der Waals surface area contributed by atoms with Gasteiger partial charge in [-0.05, 0) is 150 Å². The minimum atomic E-state index is -0.245. The molecule has 0 unspecified atom stereocenters. The maximum absolute atomic E-state index is 4.37. The number of rotatable bonds is 6. The maximum atomic E-state index is 4.37. The van der Waals surface area contributed by atoms with Crippen molar-refractivity contribution in [1.29, 1.82) is 0 Å². The van der Waals surface area contributed by atoms with E-state index in [2.05, 4.69) is 230 Å². The standard InChI is InChI=1S/C60H42N2/c1-60(2)56-36-51(43-25-22-39(23-26-43)44-27-24-40-30-31-61-38-46(40)32-44)49(41-14-6-3-7-15-41)34-53(56)54-35-50(42-16-8-4-9-17-42)52(37-57(54)60)45-28-29-59-55(33-45)48-20-12-13-21-58(48)62(59)47-18-10-5-11-19-47/h3-38H,1-2H3. The lowest BCUT2D eigenvalue weighted by molar-refractivity contribution is 0.661. The van der Waals surface area contributed by atoms with Crippen LogP contribution in [0.4, 0.5) is 0 Å². The Bertz CT molecular complexity index is 3510. The molecule has 11 aromatic rings. The largest absolute Gasteiger partial charge is 0.309 e. The van der Waals surface area contributed by atoms with Gasteiger partial charge in [0, 0.05) is 39.7 Å². The third-order valence-corrected chi connectivity index (χ3v) is 13.3. The van der Waals surface area contributed by atoms with Gasteiger partial charge in [0.05, 0.1) is 11.0 Å². The molecule has 9 aromatic carbocycles. The Balaban J connectivity index is 1.03. The molecule has 62 heavy (non-hydrogen) atoms. The molecule has 0 saturated heterocycles. The third kappa shape index (κ3) is 5.75. The van der Waals surface area contributed by atoms with Gasteiger partial charge in [-0.2, -0.15) is 0 Å². The summed E-state index contributed by atoms with van der Waals surface area (Å²) in [6.07, 6.45) is 3.80. The molecular weight excluding hydrogens is 749 g/mol. The van der Waals surface area contributed by atoms with Crippen molar-refractivity contribution in [3.8, 4) is 72.4 Å². The highest BCUT2D eigenvalue weighted by Gasteiger charge is 2.38. The molecule has 0 N–H and O–H groups in total. The van der Waals surface area contributed by atoms with Gasteiger partial charge in [-0.1, -0.05) is 153 Å². The number of aromatic nitrogens is 2. The van der Waals surface area contributed by atoms with Gasteiger partial charge < -0.3 is 4.57 Å². The minimum Gasteiger partial charge on any atom is -0.309 e. The highest BCUT2D eigenvalue weighted by atomic mass is 15.0. The van der Waals surface area contributed by atoms with Gasteiger partial charge in [-0.3, -0.25) is 4.98 Å². The van der Waals surface area contributed by atoms with Crippen molar-refractivity contribution >= 4 is 32.6 Å². The number of fused-ring (bicyclic) bond motifs is 7. The van der Waals surface area contributed by atoms with Gasteiger partial charge in [-0.25, -0.2) is 0 Å². The number of pyridine rings is 1. The van der Waals surface area contributed by atoms with E-state index in [-0.39, 0.29) is 5.41 Å². The zero-order valence-electron chi connectivity index (χ0n) is 34.7. The Morgan fingerprint density at radius 2 is 0.871 bits per heavy atom. The van der Waals surface area contributed by atoms with E-state index in [0.29, 0.717) is 0 Å². The molecule has 0 radical (unpaired) electrons. The first-order valence-corrected chi connectivity index (χ1v) is 21.5. The van der Waals surface area contributed by atoms with Gasteiger partial charge in [0.15, 0.2) is 0 Å². The Morgan fingerprint density at radius 3 is 1.55 bits per heavy atom. The molecule has 12 rings (SSSR count). The quantitative estimate of drug-likeness (QED) is 0.164. The summed E-state index contributed by atoms with van der Waals surface area (Å²) in [5.74, 6) is 0. The summed E-state index contributed by atoms with van der Waals surface area (Å²) in [6.45, 7) is 4.81. The molecular formula is C60H42N2. The average molecular weight is 791 g/mol. The lowest BCUT2D eigenvalue weighted by Crippen LogP contribution is -2.15. The molecule has 2 heteroatoms. The normalized spacial score (nSPS) is 12.8. The highest BCUT2D eigenvalue weighted by Crippen LogP contribution is 2.54. The van der Waals surface area contributed by atoms with Crippen LogP contribution in [0.25, 0.3) is 105 Å². The number of benzene rings is 9. The van der Waals surface area contributed by atoms with Crippen LogP contribution in [-0.2, 0) is 5.41 Å². The van der Waals surface area contributed by atoms with Gasteiger partial charge in [0.1, 0.15) is 0 Å². The van der Waals surface area contributed by atoms with Crippen LogP contribution in [0.1, 0.15) is 25.0 Å². The van der Waals surface area contributed by atoms with Gasteiger partial charge in [0.25, 0.3) is 0 Å². The first-order valence-electron chi connectivity index (χ1n) is 21.5. The molecule has 0 fully saturated rings. The van der Waals surface area contributed by atoms with Crippen LogP contribution in [0, 0.1) is 0 Å². The van der Waals surface area contributed by atoms with Crippen LogP contribution in [0.5, 0.6) is 0 Å². The van der Waals surface area contributed by atoms with Gasteiger partial charge >= 0.3 is 0 Å². The molecule has 0 spiro atoms. The predicted molar refractivity (Wildman–Crippen MR) is 261 cm³/mol. The fourth-order valence-electron chi connectivity index (χ4n) is 10.1. The molecule has 0 amide bonds. The second-order valence-corrected chi connectivity index (χ2v) is 17.2. The van der Waals surface area contributed by atoms with Crippen LogP contribution in [0.15, 0.2) is 219 Å². The van der Waals surface area contributed by atoms with Crippen LogP contribution < -0.4 is 0 Å². The molecule has 2 aromatic heterocycles. The van der Waals surface area contributed by atoms with E-state index in [4.69, 9.17) is 0 Å². The molecule has 1 aliphatic rings. The van der Waals surface area contributed by atoms with Gasteiger partial charge in [-0.15, -0.1) is 0 Å². The lowest BCUT2D eigenvalue weighted by atomic mass is 9.79. The molecule has 1 aliphatic carbocycles. The van der Waals surface area contributed by atoms with E-state index in [1.807, 2.05) is 12.4 Å². The summed E-state index contributed by atoms with van der Waals surface area (Å²) in [6, 6.07) is 76.2. The Labute approximate surface area is 362 Å². The number of hydrogen-bond donors (Lipinski definition) is 0. The Morgan fingerprint density at radius 1 is 0.355 bits per heavy atom. The first-order chi connectivity index (χ1) is 30.5. The van der Waals surface area contributed by atoms with E-state index < -0.39 is 0 Å². The topological polar surface area (TPSA) is 17.8 Å². The fourth-order valence-corrected chi connectivity index (χ4v) is 10.1. The summed E-state index contributed by atoms with van der Waals surface area (Å²) < 4.78 is 2.39. The smallest absolute Gasteiger partial charge is 0.0541 e. The first kappa shape index (κ1) is 36.1. The number of nitrogens with zero attached hydrogens (tertiary/aromatic N) is 2. The maximum Gasteiger partial charge on any atom is 0.0541 e. The second-order valence-electron chi connectivity index (χ2n) is 17.2. The summed E-state index contributed by atoms with van der Waals surface area (Å²) >= 11 is 0. The summed E-state index contributed by atoms with van der Waals surface area (Å²) in [5.41, 5.74) is 20.9. The van der Waals surface area contributed by atoms with Crippen molar-refractivity contribution in [2.24, 2.45) is 0 Å². The van der Waals surface area contributed by atoms with Crippen LogP contribution in [0.3, 0.4) is 0 Å². The Hall–Kier alpha value is -7.81. The van der Waals surface area contributed by atoms with Crippen molar-refractivity contribution in [3.05, 3.63) is 230 Å². The van der Waals surface area contributed by atoms with Crippen LogP contribution in [-0.4, -0.2) is 9.55 Å². The molecule has 2 nitrogen and oxygen atoms in total. The zero-order chi connectivity index (χ0) is 41.4. The Kier molecular flexibility index (Phi) is 8.23.